The molecule has 1 fully saturated rings. The van der Waals surface area contributed by atoms with E-state index in [0.29, 0.717) is 6.04 Å². The van der Waals surface area contributed by atoms with E-state index in [0.717, 1.165) is 11.8 Å². The third kappa shape index (κ3) is 6.42. The van der Waals surface area contributed by atoms with Gasteiger partial charge in [-0.25, -0.2) is 0 Å². The van der Waals surface area contributed by atoms with Gasteiger partial charge in [0.1, 0.15) is 0 Å². The highest BCUT2D eigenvalue weighted by Gasteiger charge is 2.17. The van der Waals surface area contributed by atoms with Gasteiger partial charge in [-0.2, -0.15) is 0 Å². The van der Waals surface area contributed by atoms with Crippen LogP contribution in [0.25, 0.3) is 0 Å². The summed E-state index contributed by atoms with van der Waals surface area (Å²) < 4.78 is 0. The fraction of sp³-hybridized carbons (Fsp3) is 1.00. The van der Waals surface area contributed by atoms with Crippen LogP contribution in [-0.2, 0) is 0 Å². The minimum absolute atomic E-state index is 0.676. The lowest BCUT2D eigenvalue weighted by molar-refractivity contribution is 0.261. The molecular weight excluding hydrogens is 208 g/mol. The average Bonchev–Trinajstić information content (AvgIpc) is 2.30. The summed E-state index contributed by atoms with van der Waals surface area (Å²) in [5, 5.41) is 3.64. The van der Waals surface area contributed by atoms with E-state index in [1.54, 1.807) is 0 Å². The molecule has 0 radical (unpaired) electrons. The molecule has 2 heteroatoms. The van der Waals surface area contributed by atoms with Crippen LogP contribution in [0.15, 0.2) is 0 Å². The molecule has 2 nitrogen and oxygen atoms in total. The molecule has 1 rings (SSSR count). The first-order valence-corrected chi connectivity index (χ1v) is 7.50. The number of hydrogen-bond donors (Lipinski definition) is 1. The van der Waals surface area contributed by atoms with Gasteiger partial charge in [-0.05, 0) is 71.6 Å². The Kier molecular flexibility index (Phi) is 7.14. The van der Waals surface area contributed by atoms with Crippen molar-refractivity contribution < 1.29 is 0 Å². The quantitative estimate of drug-likeness (QED) is 0.688. The Morgan fingerprint density at radius 3 is 2.41 bits per heavy atom. The maximum absolute atomic E-state index is 3.64. The van der Waals surface area contributed by atoms with E-state index >= 15 is 0 Å². The van der Waals surface area contributed by atoms with Crippen molar-refractivity contribution in [2.24, 2.45) is 11.8 Å². The predicted octanol–water partition coefficient (Wildman–Crippen LogP) is 3.13. The Hall–Kier alpha value is -0.0800. The smallest absolute Gasteiger partial charge is 0.00355 e. The Morgan fingerprint density at radius 2 is 1.82 bits per heavy atom. The normalized spacial score (nSPS) is 25.8. The molecule has 0 atom stereocenters. The maximum Gasteiger partial charge on any atom is 0.00355 e. The minimum atomic E-state index is 0.676. The molecule has 0 aromatic carbocycles. The zero-order chi connectivity index (χ0) is 12.7. The van der Waals surface area contributed by atoms with Crippen LogP contribution >= 0.6 is 0 Å². The molecule has 0 unspecified atom stereocenters. The predicted molar refractivity (Wildman–Crippen MR) is 76.4 cm³/mol. The van der Waals surface area contributed by atoms with Gasteiger partial charge in [0.2, 0.25) is 0 Å². The molecule has 1 aliphatic carbocycles. The fourth-order valence-corrected chi connectivity index (χ4v) is 2.55. The lowest BCUT2D eigenvalue weighted by atomic mass is 9.83. The standard InChI is InChI=1S/C15H32N2/c1-13(2)17(4)11-5-10-16-12-15-8-6-14(3)7-9-15/h13-16H,5-12H2,1-4H3. The Labute approximate surface area is 108 Å². The first-order valence-electron chi connectivity index (χ1n) is 7.50. The molecule has 1 saturated carbocycles. The van der Waals surface area contributed by atoms with Gasteiger partial charge in [0.25, 0.3) is 0 Å². The van der Waals surface area contributed by atoms with Gasteiger partial charge in [0.05, 0.1) is 0 Å². The van der Waals surface area contributed by atoms with Crippen LogP contribution < -0.4 is 5.32 Å². The number of hydrogen-bond acceptors (Lipinski definition) is 2. The van der Waals surface area contributed by atoms with Crippen LogP contribution in [-0.4, -0.2) is 37.6 Å². The second-order valence-corrected chi connectivity index (χ2v) is 6.26. The Bertz CT molecular complexity index is 183. The van der Waals surface area contributed by atoms with Crippen molar-refractivity contribution in [1.29, 1.82) is 0 Å². The summed E-state index contributed by atoms with van der Waals surface area (Å²) in [4.78, 5) is 2.42. The van der Waals surface area contributed by atoms with E-state index in [-0.39, 0.29) is 0 Å². The highest BCUT2D eigenvalue weighted by atomic mass is 15.1. The molecule has 0 spiro atoms. The molecule has 102 valence electrons. The highest BCUT2D eigenvalue weighted by Crippen LogP contribution is 2.27. The molecule has 0 aromatic heterocycles. The van der Waals surface area contributed by atoms with E-state index in [2.05, 4.69) is 38.0 Å². The van der Waals surface area contributed by atoms with Crippen molar-refractivity contribution in [3.63, 3.8) is 0 Å². The Balaban J connectivity index is 1.94. The molecule has 1 aliphatic rings. The molecule has 0 aromatic rings. The van der Waals surface area contributed by atoms with Crippen molar-refractivity contribution in [2.45, 2.75) is 58.9 Å². The van der Waals surface area contributed by atoms with Crippen LogP contribution in [0.2, 0.25) is 0 Å². The molecule has 0 saturated heterocycles. The minimum Gasteiger partial charge on any atom is -0.316 e. The monoisotopic (exact) mass is 240 g/mol. The summed E-state index contributed by atoms with van der Waals surface area (Å²) in [5.74, 6) is 1.93. The summed E-state index contributed by atoms with van der Waals surface area (Å²) in [6.45, 7) is 10.6. The van der Waals surface area contributed by atoms with Gasteiger partial charge >= 0.3 is 0 Å². The van der Waals surface area contributed by atoms with Gasteiger partial charge in [0, 0.05) is 6.04 Å². The molecule has 0 bridgehead atoms. The van der Waals surface area contributed by atoms with Crippen molar-refractivity contribution in [2.75, 3.05) is 26.7 Å². The van der Waals surface area contributed by atoms with Crippen LogP contribution in [0.3, 0.4) is 0 Å². The summed E-state index contributed by atoms with van der Waals surface area (Å²) >= 11 is 0. The van der Waals surface area contributed by atoms with Crippen LogP contribution in [0.5, 0.6) is 0 Å². The van der Waals surface area contributed by atoms with Gasteiger partial charge in [-0.15, -0.1) is 0 Å². The van der Waals surface area contributed by atoms with E-state index in [1.165, 1.54) is 51.7 Å². The van der Waals surface area contributed by atoms with Crippen LogP contribution in [0, 0.1) is 11.8 Å². The molecule has 0 aliphatic heterocycles. The first-order chi connectivity index (χ1) is 8.09. The molecule has 0 amide bonds. The largest absolute Gasteiger partial charge is 0.316 e. The van der Waals surface area contributed by atoms with Crippen molar-refractivity contribution in [3.8, 4) is 0 Å². The lowest BCUT2D eigenvalue weighted by Crippen LogP contribution is -2.31. The van der Waals surface area contributed by atoms with Gasteiger partial charge < -0.3 is 10.2 Å². The van der Waals surface area contributed by atoms with Crippen LogP contribution in [0.1, 0.15) is 52.9 Å². The van der Waals surface area contributed by atoms with Crippen molar-refractivity contribution in [3.05, 3.63) is 0 Å². The SMILES string of the molecule is CC1CCC(CNCCCN(C)C(C)C)CC1. The molecule has 17 heavy (non-hydrogen) atoms. The van der Waals surface area contributed by atoms with Crippen molar-refractivity contribution >= 4 is 0 Å². The lowest BCUT2D eigenvalue weighted by Gasteiger charge is -2.26. The van der Waals surface area contributed by atoms with E-state index in [4.69, 9.17) is 0 Å². The van der Waals surface area contributed by atoms with E-state index in [1.807, 2.05) is 0 Å². The third-order valence-corrected chi connectivity index (χ3v) is 4.31. The topological polar surface area (TPSA) is 15.3 Å². The summed E-state index contributed by atoms with van der Waals surface area (Å²) in [6, 6.07) is 0.676. The van der Waals surface area contributed by atoms with Gasteiger partial charge in [-0.3, -0.25) is 0 Å². The molecular formula is C15H32N2. The van der Waals surface area contributed by atoms with Gasteiger partial charge in [-0.1, -0.05) is 19.8 Å². The third-order valence-electron chi connectivity index (χ3n) is 4.31. The summed E-state index contributed by atoms with van der Waals surface area (Å²) in [7, 11) is 2.22. The van der Waals surface area contributed by atoms with E-state index < -0.39 is 0 Å². The Morgan fingerprint density at radius 1 is 1.18 bits per heavy atom. The number of nitrogens with zero attached hydrogens (tertiary/aromatic N) is 1. The number of nitrogens with one attached hydrogen (secondary N) is 1. The van der Waals surface area contributed by atoms with Crippen molar-refractivity contribution in [1.82, 2.24) is 10.2 Å². The maximum atomic E-state index is 3.64. The second kappa shape index (κ2) is 8.10. The summed E-state index contributed by atoms with van der Waals surface area (Å²) in [6.07, 6.45) is 7.06. The highest BCUT2D eigenvalue weighted by molar-refractivity contribution is 4.71. The fourth-order valence-electron chi connectivity index (χ4n) is 2.55. The van der Waals surface area contributed by atoms with Gasteiger partial charge in [0.15, 0.2) is 0 Å². The van der Waals surface area contributed by atoms with Crippen LogP contribution in [0.4, 0.5) is 0 Å². The zero-order valence-corrected chi connectivity index (χ0v) is 12.3. The molecule has 0 heterocycles. The average molecular weight is 240 g/mol. The molecule has 1 N–H and O–H groups in total. The second-order valence-electron chi connectivity index (χ2n) is 6.26. The first kappa shape index (κ1) is 15.0. The number of rotatable bonds is 7. The summed E-state index contributed by atoms with van der Waals surface area (Å²) in [5.41, 5.74) is 0. The zero-order valence-electron chi connectivity index (χ0n) is 12.3. The van der Waals surface area contributed by atoms with E-state index in [9.17, 15) is 0 Å².